The van der Waals surface area contributed by atoms with E-state index in [0.29, 0.717) is 36.7 Å². The Morgan fingerprint density at radius 3 is 2.08 bits per heavy atom. The number of hydrogen-bond donors (Lipinski definition) is 0. The fourth-order valence-electron chi connectivity index (χ4n) is 5.00. The van der Waals surface area contributed by atoms with Crippen molar-refractivity contribution in [2.75, 3.05) is 54.4 Å². The zero-order valence-electron chi connectivity index (χ0n) is 21.2. The second-order valence-electron chi connectivity index (χ2n) is 9.63. The number of benzene rings is 3. The molecule has 0 radical (unpaired) electrons. The maximum Gasteiger partial charge on any atom is 0.416 e. The van der Waals surface area contributed by atoms with E-state index in [1.165, 1.54) is 48.7 Å². The molecule has 3 aromatic carbocycles. The van der Waals surface area contributed by atoms with Crippen LogP contribution in [-0.2, 0) is 26.2 Å². The van der Waals surface area contributed by atoms with Crippen molar-refractivity contribution in [1.29, 1.82) is 0 Å². The Balaban J connectivity index is 1.47. The van der Waals surface area contributed by atoms with Crippen LogP contribution in [0.5, 0.6) is 0 Å². The Kier molecular flexibility index (Phi) is 6.80. The fourth-order valence-corrected chi connectivity index (χ4v) is 7.42. The number of anilines is 3. The summed E-state index contributed by atoms with van der Waals surface area (Å²) in [6.07, 6.45) is -4.46. The number of hydrogen-bond acceptors (Lipinski definition) is 6. The predicted octanol–water partition coefficient (Wildman–Crippen LogP) is 3.86. The third kappa shape index (κ3) is 4.94. The molecule has 208 valence electrons. The van der Waals surface area contributed by atoms with Gasteiger partial charge in [0.1, 0.15) is 0 Å². The van der Waals surface area contributed by atoms with Crippen molar-refractivity contribution in [3.05, 3.63) is 78.4 Å². The lowest BCUT2D eigenvalue weighted by atomic mass is 10.0. The van der Waals surface area contributed by atoms with E-state index >= 15 is 0 Å². The molecule has 1 atom stereocenters. The molecule has 0 aliphatic carbocycles. The van der Waals surface area contributed by atoms with Crippen molar-refractivity contribution in [3.8, 4) is 0 Å². The minimum absolute atomic E-state index is 0.0271. The molecule has 1 fully saturated rings. The molecule has 8 nitrogen and oxygen atoms in total. The van der Waals surface area contributed by atoms with Crippen LogP contribution in [0, 0.1) is 0 Å². The van der Waals surface area contributed by atoms with Crippen LogP contribution >= 0.6 is 0 Å². The first-order valence-electron chi connectivity index (χ1n) is 12.1. The number of alkyl halides is 3. The van der Waals surface area contributed by atoms with Crippen LogP contribution in [0.1, 0.15) is 5.56 Å². The van der Waals surface area contributed by atoms with Crippen molar-refractivity contribution < 1.29 is 30.0 Å². The van der Waals surface area contributed by atoms with Gasteiger partial charge in [-0.05, 0) is 54.6 Å². The van der Waals surface area contributed by atoms with E-state index in [9.17, 15) is 30.0 Å². The summed E-state index contributed by atoms with van der Waals surface area (Å²) in [6, 6.07) is 17.0. The topological polar surface area (TPSA) is 81.2 Å². The zero-order valence-corrected chi connectivity index (χ0v) is 22.8. The molecule has 0 saturated carbocycles. The Labute approximate surface area is 226 Å². The quantitative estimate of drug-likeness (QED) is 0.456. The Morgan fingerprint density at radius 1 is 0.795 bits per heavy atom. The minimum atomic E-state index is -4.46. The van der Waals surface area contributed by atoms with Crippen LogP contribution in [0.15, 0.2) is 82.6 Å². The van der Waals surface area contributed by atoms with Gasteiger partial charge in [0, 0.05) is 39.4 Å². The van der Waals surface area contributed by atoms with E-state index in [-0.39, 0.29) is 22.4 Å². The van der Waals surface area contributed by atoms with Crippen molar-refractivity contribution in [3.63, 3.8) is 0 Å². The van der Waals surface area contributed by atoms with E-state index in [1.807, 2.05) is 17.0 Å². The molecule has 0 spiro atoms. The van der Waals surface area contributed by atoms with Crippen LogP contribution in [-0.4, -0.2) is 67.5 Å². The molecule has 2 aliphatic rings. The fraction of sp³-hybridized carbons (Fsp3) is 0.308. The monoisotopic (exact) mass is 580 g/mol. The Morgan fingerprint density at radius 2 is 1.44 bits per heavy atom. The average molecular weight is 581 g/mol. The lowest BCUT2D eigenvalue weighted by Gasteiger charge is -2.49. The predicted molar refractivity (Wildman–Crippen MR) is 143 cm³/mol. The van der Waals surface area contributed by atoms with Gasteiger partial charge < -0.3 is 9.80 Å². The molecule has 0 bridgehead atoms. The summed E-state index contributed by atoms with van der Waals surface area (Å²) in [5.41, 5.74) is 0.898. The lowest BCUT2D eigenvalue weighted by molar-refractivity contribution is -0.137. The van der Waals surface area contributed by atoms with E-state index in [4.69, 9.17) is 0 Å². The molecule has 5 rings (SSSR count). The average Bonchev–Trinajstić information content (AvgIpc) is 2.91. The highest BCUT2D eigenvalue weighted by atomic mass is 32.2. The highest BCUT2D eigenvalue weighted by Crippen LogP contribution is 2.40. The van der Waals surface area contributed by atoms with Crippen LogP contribution in [0.3, 0.4) is 0 Å². The van der Waals surface area contributed by atoms with Crippen LogP contribution in [0.4, 0.5) is 30.2 Å². The molecule has 1 saturated heterocycles. The van der Waals surface area contributed by atoms with Gasteiger partial charge in [-0.25, -0.2) is 21.1 Å². The summed E-state index contributed by atoms with van der Waals surface area (Å²) in [4.78, 5) is 3.85. The van der Waals surface area contributed by atoms with E-state index in [1.54, 1.807) is 18.2 Å². The number of fused-ring (bicyclic) bond motifs is 3. The maximum absolute atomic E-state index is 13.8. The minimum Gasteiger partial charge on any atom is -0.368 e. The summed E-state index contributed by atoms with van der Waals surface area (Å²) in [6.45, 7) is 1.37. The standard InChI is InChI=1S/C26H27F3N4O4S2/c1-30(2)38(34,35)22-10-12-23(13-11-22)39(36,37)33-18-21-17-31(20-7-5-6-19(16-20)26(27,28)29)14-15-32(21)24-8-3-4-9-25(24)33/h3-13,16,21H,14-15,17-18H2,1-2H3. The van der Waals surface area contributed by atoms with Crippen molar-refractivity contribution in [2.45, 2.75) is 22.0 Å². The summed E-state index contributed by atoms with van der Waals surface area (Å²) < 4.78 is 94.8. The lowest BCUT2D eigenvalue weighted by Crippen LogP contribution is -2.60. The van der Waals surface area contributed by atoms with Gasteiger partial charge in [-0.2, -0.15) is 13.2 Å². The first kappa shape index (κ1) is 27.3. The van der Waals surface area contributed by atoms with Gasteiger partial charge in [-0.3, -0.25) is 4.31 Å². The molecule has 0 N–H and O–H groups in total. The Bertz CT molecular complexity index is 1590. The summed E-state index contributed by atoms with van der Waals surface area (Å²) in [5, 5.41) is 0. The van der Waals surface area contributed by atoms with Gasteiger partial charge in [-0.1, -0.05) is 18.2 Å². The van der Waals surface area contributed by atoms with Gasteiger partial charge in [0.25, 0.3) is 10.0 Å². The van der Waals surface area contributed by atoms with E-state index in [2.05, 4.69) is 4.90 Å². The smallest absolute Gasteiger partial charge is 0.368 e. The third-order valence-corrected chi connectivity index (χ3v) is 10.7. The Hall–Kier alpha value is -3.29. The van der Waals surface area contributed by atoms with Crippen molar-refractivity contribution in [1.82, 2.24) is 4.31 Å². The number of piperazine rings is 1. The summed E-state index contributed by atoms with van der Waals surface area (Å²) >= 11 is 0. The van der Waals surface area contributed by atoms with Crippen LogP contribution in [0.2, 0.25) is 0 Å². The summed E-state index contributed by atoms with van der Waals surface area (Å²) in [5.74, 6) is 0. The van der Waals surface area contributed by atoms with Crippen LogP contribution < -0.4 is 14.1 Å². The normalized spacial score (nSPS) is 18.2. The van der Waals surface area contributed by atoms with Gasteiger partial charge in [0.2, 0.25) is 10.0 Å². The second-order valence-corrected chi connectivity index (χ2v) is 13.6. The molecule has 39 heavy (non-hydrogen) atoms. The van der Waals surface area contributed by atoms with Crippen LogP contribution in [0.25, 0.3) is 0 Å². The first-order valence-corrected chi connectivity index (χ1v) is 15.0. The second kappa shape index (κ2) is 9.72. The van der Waals surface area contributed by atoms with Crippen molar-refractivity contribution >= 4 is 37.1 Å². The molecular formula is C26H27F3N4O4S2. The molecule has 13 heteroatoms. The van der Waals surface area contributed by atoms with E-state index < -0.39 is 31.8 Å². The number of para-hydroxylation sites is 2. The SMILES string of the molecule is CN(C)S(=O)(=O)c1ccc(S(=O)(=O)N2CC3CN(c4cccc(C(F)(F)F)c4)CCN3c3ccccc32)cc1. The third-order valence-electron chi connectivity index (χ3n) is 7.05. The molecule has 2 heterocycles. The highest BCUT2D eigenvalue weighted by Gasteiger charge is 2.40. The molecule has 3 aromatic rings. The summed E-state index contributed by atoms with van der Waals surface area (Å²) in [7, 11) is -5.03. The number of sulfonamides is 2. The highest BCUT2D eigenvalue weighted by molar-refractivity contribution is 7.93. The van der Waals surface area contributed by atoms with Gasteiger partial charge in [0.15, 0.2) is 0 Å². The largest absolute Gasteiger partial charge is 0.416 e. The molecule has 1 unspecified atom stereocenters. The van der Waals surface area contributed by atoms with Gasteiger partial charge in [0.05, 0.1) is 39.3 Å². The maximum atomic E-state index is 13.8. The number of nitrogens with zero attached hydrogens (tertiary/aromatic N) is 4. The first-order chi connectivity index (χ1) is 18.3. The van der Waals surface area contributed by atoms with Gasteiger partial charge >= 0.3 is 6.18 Å². The molecule has 2 aliphatic heterocycles. The molecule has 0 amide bonds. The van der Waals surface area contributed by atoms with Gasteiger partial charge in [-0.15, -0.1) is 0 Å². The molecular weight excluding hydrogens is 553 g/mol. The molecule has 0 aromatic heterocycles. The van der Waals surface area contributed by atoms with Crippen molar-refractivity contribution in [2.24, 2.45) is 0 Å². The number of rotatable bonds is 5. The van der Waals surface area contributed by atoms with E-state index in [0.717, 1.165) is 16.4 Å². The zero-order chi connectivity index (χ0) is 28.2. The number of halogens is 3.